The Morgan fingerprint density at radius 1 is 1.18 bits per heavy atom. The quantitative estimate of drug-likeness (QED) is 0.561. The molecule has 1 aromatic heterocycles. The molecule has 0 aliphatic carbocycles. The zero-order valence-corrected chi connectivity index (χ0v) is 12.7. The van der Waals surface area contributed by atoms with E-state index < -0.39 is 11.4 Å². The first-order valence-corrected chi connectivity index (χ1v) is 7.73. The molecule has 3 aromatic rings. The topological polar surface area (TPSA) is 50.4 Å². The zero-order valence-electron chi connectivity index (χ0n) is 11.2. The van der Waals surface area contributed by atoms with E-state index in [1.807, 2.05) is 0 Å². The second-order valence-electron chi connectivity index (χ2n) is 4.64. The first kappa shape index (κ1) is 14.9. The number of fused-ring (bicyclic) bond motifs is 1. The highest BCUT2D eigenvalue weighted by molar-refractivity contribution is 7.98. The van der Waals surface area contributed by atoms with Crippen molar-refractivity contribution in [3.8, 4) is 5.75 Å². The van der Waals surface area contributed by atoms with Gasteiger partial charge in [-0.25, -0.2) is 9.18 Å². The van der Waals surface area contributed by atoms with E-state index in [-0.39, 0.29) is 10.8 Å². The van der Waals surface area contributed by atoms with Crippen LogP contribution >= 0.6 is 23.4 Å². The van der Waals surface area contributed by atoms with Crippen LogP contribution in [0.2, 0.25) is 5.02 Å². The van der Waals surface area contributed by atoms with Crippen LogP contribution in [0.1, 0.15) is 5.56 Å². The number of hydrogen-bond acceptors (Lipinski definition) is 4. The lowest BCUT2D eigenvalue weighted by atomic mass is 10.1. The summed E-state index contributed by atoms with van der Waals surface area (Å²) in [6, 6.07) is 10.5. The van der Waals surface area contributed by atoms with Crippen molar-refractivity contribution in [2.75, 3.05) is 0 Å². The fraction of sp³-hybridized carbons (Fsp3) is 0.0625. The highest BCUT2D eigenvalue weighted by atomic mass is 35.5. The Kier molecular flexibility index (Phi) is 4.09. The number of phenols is 1. The van der Waals surface area contributed by atoms with E-state index in [0.29, 0.717) is 11.3 Å². The third-order valence-electron chi connectivity index (χ3n) is 3.10. The van der Waals surface area contributed by atoms with Crippen molar-refractivity contribution in [3.05, 3.63) is 69.3 Å². The predicted octanol–water partition coefficient (Wildman–Crippen LogP) is 4.58. The maximum absolute atomic E-state index is 13.1. The fourth-order valence-electron chi connectivity index (χ4n) is 2.07. The summed E-state index contributed by atoms with van der Waals surface area (Å²) in [5.74, 6) is 0.0625. The Hall–Kier alpha value is -1.98. The van der Waals surface area contributed by atoms with Crippen molar-refractivity contribution >= 4 is 34.3 Å². The van der Waals surface area contributed by atoms with Crippen LogP contribution in [0, 0.1) is 5.82 Å². The lowest BCUT2D eigenvalue weighted by Crippen LogP contribution is -1.99. The van der Waals surface area contributed by atoms with Crippen LogP contribution in [-0.2, 0) is 5.75 Å². The highest BCUT2D eigenvalue weighted by Gasteiger charge is 2.08. The Balaban J connectivity index is 1.93. The standard InChI is InChI=1S/C16H10ClFO3S/c17-13-7-11(2-4-14(13)18)22-8-9-5-16(20)21-15-6-10(19)1-3-12(9)15/h1-7,19H,8H2. The fourth-order valence-corrected chi connectivity index (χ4v) is 3.24. The van der Waals surface area contributed by atoms with Crippen LogP contribution in [-0.4, -0.2) is 5.11 Å². The minimum atomic E-state index is -0.481. The summed E-state index contributed by atoms with van der Waals surface area (Å²) in [5, 5.41) is 10.3. The second-order valence-corrected chi connectivity index (χ2v) is 6.09. The molecule has 1 heterocycles. The van der Waals surface area contributed by atoms with Crippen LogP contribution in [0.3, 0.4) is 0 Å². The molecule has 0 spiro atoms. The van der Waals surface area contributed by atoms with E-state index in [9.17, 15) is 14.3 Å². The Morgan fingerprint density at radius 2 is 2.00 bits per heavy atom. The summed E-state index contributed by atoms with van der Waals surface area (Å²) in [6.07, 6.45) is 0. The molecule has 112 valence electrons. The third kappa shape index (κ3) is 3.10. The summed E-state index contributed by atoms with van der Waals surface area (Å²) in [6.45, 7) is 0. The lowest BCUT2D eigenvalue weighted by Gasteiger charge is -2.06. The van der Waals surface area contributed by atoms with E-state index in [2.05, 4.69) is 0 Å². The predicted molar refractivity (Wildman–Crippen MR) is 85.1 cm³/mol. The molecule has 0 amide bonds. The normalized spacial score (nSPS) is 11.0. The molecule has 0 fully saturated rings. The van der Waals surface area contributed by atoms with Crippen molar-refractivity contribution in [1.29, 1.82) is 0 Å². The van der Waals surface area contributed by atoms with Crippen LogP contribution in [0.5, 0.6) is 5.75 Å². The van der Waals surface area contributed by atoms with Crippen molar-refractivity contribution in [2.45, 2.75) is 10.6 Å². The molecule has 0 saturated heterocycles. The molecule has 0 radical (unpaired) electrons. The molecule has 0 aliphatic rings. The van der Waals surface area contributed by atoms with E-state index in [4.69, 9.17) is 16.0 Å². The Labute approximate surface area is 134 Å². The third-order valence-corrected chi connectivity index (χ3v) is 4.43. The van der Waals surface area contributed by atoms with Gasteiger partial charge < -0.3 is 9.52 Å². The maximum Gasteiger partial charge on any atom is 0.336 e. The molecule has 0 bridgehead atoms. The van der Waals surface area contributed by atoms with Crippen molar-refractivity contribution < 1.29 is 13.9 Å². The lowest BCUT2D eigenvalue weighted by molar-refractivity contribution is 0.473. The molecular weight excluding hydrogens is 327 g/mol. The van der Waals surface area contributed by atoms with Crippen LogP contribution < -0.4 is 5.63 Å². The van der Waals surface area contributed by atoms with Gasteiger partial charge in [0, 0.05) is 28.2 Å². The van der Waals surface area contributed by atoms with Crippen molar-refractivity contribution in [1.82, 2.24) is 0 Å². The summed E-state index contributed by atoms with van der Waals surface area (Å²) in [7, 11) is 0. The van der Waals surface area contributed by atoms with Gasteiger partial charge in [0.1, 0.15) is 17.1 Å². The van der Waals surface area contributed by atoms with E-state index in [0.717, 1.165) is 15.8 Å². The molecule has 3 rings (SSSR count). The summed E-state index contributed by atoms with van der Waals surface area (Å²) in [4.78, 5) is 12.4. The van der Waals surface area contributed by atoms with Gasteiger partial charge in [0.25, 0.3) is 0 Å². The van der Waals surface area contributed by atoms with Gasteiger partial charge in [-0.3, -0.25) is 0 Å². The summed E-state index contributed by atoms with van der Waals surface area (Å²) in [5.41, 5.74) is 0.628. The van der Waals surface area contributed by atoms with Gasteiger partial charge in [0.05, 0.1) is 5.02 Å². The Morgan fingerprint density at radius 3 is 2.77 bits per heavy atom. The molecule has 1 N–H and O–H groups in total. The molecule has 22 heavy (non-hydrogen) atoms. The van der Waals surface area contributed by atoms with Crippen LogP contribution in [0.4, 0.5) is 4.39 Å². The molecule has 3 nitrogen and oxygen atoms in total. The van der Waals surface area contributed by atoms with Gasteiger partial charge in [-0.2, -0.15) is 0 Å². The first-order valence-electron chi connectivity index (χ1n) is 6.36. The molecule has 2 aromatic carbocycles. The number of phenolic OH excluding ortho intramolecular Hbond substituents is 1. The second kappa shape index (κ2) is 6.02. The molecule has 0 aliphatic heterocycles. The van der Waals surface area contributed by atoms with E-state index in [1.165, 1.54) is 36.0 Å². The average molecular weight is 337 g/mol. The van der Waals surface area contributed by atoms with Gasteiger partial charge in [-0.05, 0) is 35.9 Å². The summed E-state index contributed by atoms with van der Waals surface area (Å²) >= 11 is 7.18. The smallest absolute Gasteiger partial charge is 0.336 e. The number of rotatable bonds is 3. The number of halogens is 2. The van der Waals surface area contributed by atoms with Gasteiger partial charge >= 0.3 is 5.63 Å². The monoisotopic (exact) mass is 336 g/mol. The maximum atomic E-state index is 13.1. The minimum absolute atomic E-state index is 0.0331. The van der Waals surface area contributed by atoms with Gasteiger partial charge in [0.2, 0.25) is 0 Å². The summed E-state index contributed by atoms with van der Waals surface area (Å²) < 4.78 is 18.2. The largest absolute Gasteiger partial charge is 0.508 e. The molecule has 0 unspecified atom stereocenters. The van der Waals surface area contributed by atoms with Crippen molar-refractivity contribution in [2.24, 2.45) is 0 Å². The van der Waals surface area contributed by atoms with E-state index in [1.54, 1.807) is 18.2 Å². The number of hydrogen-bond donors (Lipinski definition) is 1. The number of aromatic hydroxyl groups is 1. The number of thioether (sulfide) groups is 1. The average Bonchev–Trinajstić information content (AvgIpc) is 2.47. The molecule has 6 heteroatoms. The zero-order chi connectivity index (χ0) is 15.7. The van der Waals surface area contributed by atoms with Gasteiger partial charge in [-0.1, -0.05) is 11.6 Å². The van der Waals surface area contributed by atoms with Gasteiger partial charge in [0.15, 0.2) is 0 Å². The van der Waals surface area contributed by atoms with Crippen LogP contribution in [0.25, 0.3) is 11.0 Å². The van der Waals surface area contributed by atoms with E-state index >= 15 is 0 Å². The number of benzene rings is 2. The molecular formula is C16H10ClFO3S. The van der Waals surface area contributed by atoms with Crippen molar-refractivity contribution in [3.63, 3.8) is 0 Å². The van der Waals surface area contributed by atoms with Crippen LogP contribution in [0.15, 0.2) is 56.6 Å². The van der Waals surface area contributed by atoms with Gasteiger partial charge in [-0.15, -0.1) is 11.8 Å². The minimum Gasteiger partial charge on any atom is -0.508 e. The SMILES string of the molecule is O=c1cc(CSc2ccc(F)c(Cl)c2)c2ccc(O)cc2o1. The molecule has 0 saturated carbocycles. The first-order chi connectivity index (χ1) is 10.5. The highest BCUT2D eigenvalue weighted by Crippen LogP contribution is 2.30. The Bertz CT molecular complexity index is 908. The molecule has 0 atom stereocenters.